The van der Waals surface area contributed by atoms with Gasteiger partial charge in [-0.15, -0.1) is 0 Å². The number of rotatable bonds is 7. The summed E-state index contributed by atoms with van der Waals surface area (Å²) >= 11 is 5.78. The lowest BCUT2D eigenvalue weighted by molar-refractivity contribution is -0.120. The number of amides is 1. The number of hydrogen-bond acceptors (Lipinski definition) is 4. The third-order valence-electron chi connectivity index (χ3n) is 5.37. The molecule has 2 aromatic carbocycles. The number of H-pyrrole nitrogens is 1. The molecule has 2 aromatic heterocycles. The van der Waals surface area contributed by atoms with Gasteiger partial charge in [-0.05, 0) is 54.7 Å². The van der Waals surface area contributed by atoms with E-state index in [1.807, 2.05) is 18.2 Å². The van der Waals surface area contributed by atoms with Crippen molar-refractivity contribution < 1.29 is 9.18 Å². The SMILES string of the molecule is O=C(Cc1nc(-c2ccc(Cl)c(F)c2)nn1CC1CC1)NCc1ccc2[nH]ncc2c1. The van der Waals surface area contributed by atoms with E-state index in [1.165, 1.54) is 12.1 Å². The van der Waals surface area contributed by atoms with E-state index in [9.17, 15) is 9.18 Å². The van der Waals surface area contributed by atoms with E-state index in [4.69, 9.17) is 11.6 Å². The number of aromatic nitrogens is 5. The molecule has 0 aliphatic heterocycles. The summed E-state index contributed by atoms with van der Waals surface area (Å²) < 4.78 is 15.7. The van der Waals surface area contributed by atoms with Crippen LogP contribution in [0.2, 0.25) is 5.02 Å². The molecule has 0 spiro atoms. The molecule has 1 aliphatic rings. The fourth-order valence-corrected chi connectivity index (χ4v) is 3.58. The molecule has 158 valence electrons. The Morgan fingerprint density at radius 2 is 2.13 bits per heavy atom. The molecular formula is C22H20ClFN6O. The quantitative estimate of drug-likeness (QED) is 0.458. The molecule has 1 amide bonds. The van der Waals surface area contributed by atoms with Crippen molar-refractivity contribution in [1.29, 1.82) is 0 Å². The van der Waals surface area contributed by atoms with Gasteiger partial charge in [0, 0.05) is 24.0 Å². The Kier molecular flexibility index (Phi) is 5.15. The first-order valence-electron chi connectivity index (χ1n) is 10.1. The highest BCUT2D eigenvalue weighted by Gasteiger charge is 2.25. The molecule has 0 unspecified atom stereocenters. The molecule has 7 nitrogen and oxygen atoms in total. The molecule has 31 heavy (non-hydrogen) atoms. The van der Waals surface area contributed by atoms with Gasteiger partial charge in [-0.3, -0.25) is 9.89 Å². The number of nitrogens with zero attached hydrogens (tertiary/aromatic N) is 4. The number of halogens is 2. The third-order valence-corrected chi connectivity index (χ3v) is 5.67. The maximum Gasteiger partial charge on any atom is 0.227 e. The number of carbonyl (C=O) groups excluding carboxylic acids is 1. The molecule has 0 radical (unpaired) electrons. The van der Waals surface area contributed by atoms with E-state index in [1.54, 1.807) is 16.9 Å². The number of hydrogen-bond donors (Lipinski definition) is 2. The summed E-state index contributed by atoms with van der Waals surface area (Å²) in [6.45, 7) is 1.12. The van der Waals surface area contributed by atoms with Crippen LogP contribution in [0.15, 0.2) is 42.6 Å². The summed E-state index contributed by atoms with van der Waals surface area (Å²) in [4.78, 5) is 17.1. The highest BCUT2D eigenvalue weighted by atomic mass is 35.5. The Balaban J connectivity index is 1.31. The summed E-state index contributed by atoms with van der Waals surface area (Å²) in [5.74, 6) is 0.849. The standard InChI is InChI=1S/C22H20ClFN6O/c23-17-5-4-15(8-18(17)24)22-27-20(30(29-22)12-13-1-2-13)9-21(31)25-10-14-3-6-19-16(7-14)11-26-28-19/h3-8,11,13H,1-2,9-10,12H2,(H,25,31)(H,26,28). The van der Waals surface area contributed by atoms with Crippen LogP contribution >= 0.6 is 11.6 Å². The van der Waals surface area contributed by atoms with Crippen molar-refractivity contribution >= 4 is 28.4 Å². The average molecular weight is 439 g/mol. The minimum absolute atomic E-state index is 0.0503. The fraction of sp³-hybridized carbons (Fsp3) is 0.273. The lowest BCUT2D eigenvalue weighted by Crippen LogP contribution is -2.26. The monoisotopic (exact) mass is 438 g/mol. The Morgan fingerprint density at radius 3 is 2.94 bits per heavy atom. The zero-order valence-electron chi connectivity index (χ0n) is 16.6. The molecule has 2 heterocycles. The van der Waals surface area contributed by atoms with Crippen molar-refractivity contribution in [2.45, 2.75) is 32.4 Å². The van der Waals surface area contributed by atoms with Gasteiger partial charge in [0.05, 0.1) is 23.2 Å². The smallest absolute Gasteiger partial charge is 0.227 e. The zero-order chi connectivity index (χ0) is 21.4. The number of benzene rings is 2. The van der Waals surface area contributed by atoms with Gasteiger partial charge < -0.3 is 5.32 Å². The lowest BCUT2D eigenvalue weighted by atomic mass is 10.1. The maximum absolute atomic E-state index is 13.9. The Labute approximate surface area is 182 Å². The normalized spacial score (nSPS) is 13.6. The summed E-state index contributed by atoms with van der Waals surface area (Å²) in [5.41, 5.74) is 2.47. The Bertz CT molecular complexity index is 1260. The van der Waals surface area contributed by atoms with E-state index >= 15 is 0 Å². The third kappa shape index (κ3) is 4.44. The van der Waals surface area contributed by atoms with Crippen LogP contribution in [0.5, 0.6) is 0 Å². The van der Waals surface area contributed by atoms with Gasteiger partial charge in [0.1, 0.15) is 11.6 Å². The van der Waals surface area contributed by atoms with Gasteiger partial charge in [0.2, 0.25) is 5.91 Å². The fourth-order valence-electron chi connectivity index (χ4n) is 3.46. The largest absolute Gasteiger partial charge is 0.352 e. The first-order valence-corrected chi connectivity index (χ1v) is 10.5. The summed E-state index contributed by atoms with van der Waals surface area (Å²) in [7, 11) is 0. The van der Waals surface area contributed by atoms with Crippen molar-refractivity contribution in [3.05, 3.63) is 64.8 Å². The Morgan fingerprint density at radius 1 is 1.26 bits per heavy atom. The van der Waals surface area contributed by atoms with Gasteiger partial charge in [-0.25, -0.2) is 14.1 Å². The van der Waals surface area contributed by atoms with Crippen molar-refractivity contribution in [3.63, 3.8) is 0 Å². The predicted octanol–water partition coefficient (Wildman–Crippen LogP) is 3.88. The number of nitrogens with one attached hydrogen (secondary N) is 2. The van der Waals surface area contributed by atoms with Gasteiger partial charge >= 0.3 is 0 Å². The van der Waals surface area contributed by atoms with Crippen LogP contribution in [0, 0.1) is 11.7 Å². The molecule has 1 aliphatic carbocycles. The van der Waals surface area contributed by atoms with Gasteiger partial charge in [0.25, 0.3) is 0 Å². The van der Waals surface area contributed by atoms with Crippen molar-refractivity contribution in [1.82, 2.24) is 30.3 Å². The van der Waals surface area contributed by atoms with Crippen LogP contribution < -0.4 is 5.32 Å². The highest BCUT2D eigenvalue weighted by molar-refractivity contribution is 6.30. The average Bonchev–Trinajstić information content (AvgIpc) is 3.30. The van der Waals surface area contributed by atoms with Gasteiger partial charge in [-0.2, -0.15) is 10.2 Å². The zero-order valence-corrected chi connectivity index (χ0v) is 17.4. The summed E-state index contributed by atoms with van der Waals surface area (Å²) in [5, 5.41) is 15.4. The molecule has 0 bridgehead atoms. The van der Waals surface area contributed by atoms with E-state index in [0.29, 0.717) is 36.2 Å². The van der Waals surface area contributed by atoms with Gasteiger partial charge in [0.15, 0.2) is 5.82 Å². The predicted molar refractivity (Wildman–Crippen MR) is 115 cm³/mol. The minimum Gasteiger partial charge on any atom is -0.352 e. The van der Waals surface area contributed by atoms with Crippen LogP contribution in [-0.4, -0.2) is 30.9 Å². The second-order valence-electron chi connectivity index (χ2n) is 7.85. The van der Waals surface area contributed by atoms with Crippen LogP contribution in [0.25, 0.3) is 22.3 Å². The number of aromatic amines is 1. The molecule has 2 N–H and O–H groups in total. The van der Waals surface area contributed by atoms with E-state index in [-0.39, 0.29) is 17.4 Å². The summed E-state index contributed by atoms with van der Waals surface area (Å²) in [6, 6.07) is 10.4. The van der Waals surface area contributed by atoms with E-state index in [0.717, 1.165) is 29.3 Å². The highest BCUT2D eigenvalue weighted by Crippen LogP contribution is 2.31. The molecule has 9 heteroatoms. The van der Waals surface area contributed by atoms with Crippen molar-refractivity contribution in [3.8, 4) is 11.4 Å². The summed E-state index contributed by atoms with van der Waals surface area (Å²) in [6.07, 6.45) is 4.14. The minimum atomic E-state index is -0.522. The molecule has 1 fully saturated rings. The lowest BCUT2D eigenvalue weighted by Gasteiger charge is -2.07. The van der Waals surface area contributed by atoms with Crippen LogP contribution in [-0.2, 0) is 24.3 Å². The Hall–Kier alpha value is -3.26. The second kappa shape index (κ2) is 8.11. The van der Waals surface area contributed by atoms with Gasteiger partial charge in [-0.1, -0.05) is 17.7 Å². The molecule has 5 rings (SSSR count). The number of carbonyl (C=O) groups is 1. The molecule has 0 atom stereocenters. The molecule has 4 aromatic rings. The second-order valence-corrected chi connectivity index (χ2v) is 8.26. The first kappa shape index (κ1) is 19.7. The van der Waals surface area contributed by atoms with Crippen LogP contribution in [0.4, 0.5) is 4.39 Å². The van der Waals surface area contributed by atoms with Crippen molar-refractivity contribution in [2.24, 2.45) is 5.92 Å². The number of fused-ring (bicyclic) bond motifs is 1. The van der Waals surface area contributed by atoms with Crippen molar-refractivity contribution in [2.75, 3.05) is 0 Å². The van der Waals surface area contributed by atoms with Crippen LogP contribution in [0.1, 0.15) is 24.2 Å². The molecule has 0 saturated heterocycles. The van der Waals surface area contributed by atoms with E-state index in [2.05, 4.69) is 25.6 Å². The van der Waals surface area contributed by atoms with E-state index < -0.39 is 5.82 Å². The van der Waals surface area contributed by atoms with Crippen LogP contribution in [0.3, 0.4) is 0 Å². The first-order chi connectivity index (χ1) is 15.0. The molecular weight excluding hydrogens is 419 g/mol. The maximum atomic E-state index is 13.9. The molecule has 1 saturated carbocycles. The topological polar surface area (TPSA) is 88.5 Å².